The number of nitrogens with one attached hydrogen (secondary N) is 1. The van der Waals surface area contributed by atoms with Crippen LogP contribution < -0.4 is 5.32 Å². The molecule has 5 heteroatoms. The van der Waals surface area contributed by atoms with Gasteiger partial charge >= 0.3 is 0 Å². The summed E-state index contributed by atoms with van der Waals surface area (Å²) in [5.41, 5.74) is 1.88. The number of carbonyl (C=O) groups is 1. The number of nitrogens with zero attached hydrogens (tertiary/aromatic N) is 1. The first-order valence-electron chi connectivity index (χ1n) is 6.88. The molecule has 2 aromatic carbocycles. The molecular formula is C17H15BrN2OS. The lowest BCUT2D eigenvalue weighted by Crippen LogP contribution is -2.45. The normalized spacial score (nSPS) is 21.1. The molecule has 1 saturated heterocycles. The zero-order valence-electron chi connectivity index (χ0n) is 12.3. The molecule has 0 saturated carbocycles. The zero-order valence-corrected chi connectivity index (χ0v) is 14.7. The standard InChI is InChI=1S/C17H15BrN2OS/c1-11-5-3-6-12(9-11)17(13-7-4-8-14(18)10-13)15(21)20(2)16(22)19-17/h3-10H,1-2H3,(H,19,22). The summed E-state index contributed by atoms with van der Waals surface area (Å²) >= 11 is 8.80. The Morgan fingerprint density at radius 3 is 2.32 bits per heavy atom. The molecule has 1 fully saturated rings. The summed E-state index contributed by atoms with van der Waals surface area (Å²) in [5.74, 6) is -0.0683. The van der Waals surface area contributed by atoms with Crippen LogP contribution in [-0.2, 0) is 10.3 Å². The predicted molar refractivity (Wildman–Crippen MR) is 94.6 cm³/mol. The van der Waals surface area contributed by atoms with Crippen LogP contribution in [0.1, 0.15) is 16.7 Å². The number of aryl methyl sites for hydroxylation is 1. The molecule has 3 nitrogen and oxygen atoms in total. The molecule has 22 heavy (non-hydrogen) atoms. The second-order valence-corrected chi connectivity index (χ2v) is 6.73. The van der Waals surface area contributed by atoms with Gasteiger partial charge in [-0.2, -0.15) is 0 Å². The summed E-state index contributed by atoms with van der Waals surface area (Å²) in [5, 5.41) is 3.68. The van der Waals surface area contributed by atoms with E-state index in [0.717, 1.165) is 21.2 Å². The van der Waals surface area contributed by atoms with Crippen molar-refractivity contribution >= 4 is 39.2 Å². The first-order chi connectivity index (χ1) is 10.4. The van der Waals surface area contributed by atoms with Gasteiger partial charge in [0.15, 0.2) is 10.7 Å². The summed E-state index contributed by atoms with van der Waals surface area (Å²) in [6.45, 7) is 2.01. The van der Waals surface area contributed by atoms with Crippen LogP contribution in [-0.4, -0.2) is 23.0 Å². The summed E-state index contributed by atoms with van der Waals surface area (Å²) in [6, 6.07) is 15.7. The van der Waals surface area contributed by atoms with E-state index in [1.54, 1.807) is 7.05 Å². The first kappa shape index (κ1) is 15.2. The van der Waals surface area contributed by atoms with Gasteiger partial charge in [-0.1, -0.05) is 57.9 Å². The summed E-state index contributed by atoms with van der Waals surface area (Å²) in [4.78, 5) is 14.5. The molecule has 1 atom stereocenters. The Bertz CT molecular complexity index is 729. The molecule has 0 spiro atoms. The third kappa shape index (κ3) is 2.25. The van der Waals surface area contributed by atoms with Gasteiger partial charge in [0.2, 0.25) is 0 Å². The van der Waals surface area contributed by atoms with Crippen molar-refractivity contribution in [3.63, 3.8) is 0 Å². The lowest BCUT2D eigenvalue weighted by molar-refractivity contribution is -0.129. The molecule has 1 unspecified atom stereocenters. The highest BCUT2D eigenvalue weighted by Crippen LogP contribution is 2.36. The molecule has 0 aliphatic carbocycles. The molecule has 2 aromatic rings. The fourth-order valence-electron chi connectivity index (χ4n) is 2.80. The van der Waals surface area contributed by atoms with Gasteiger partial charge in [-0.15, -0.1) is 0 Å². The summed E-state index contributed by atoms with van der Waals surface area (Å²) < 4.78 is 0.923. The van der Waals surface area contributed by atoms with Crippen LogP contribution >= 0.6 is 28.1 Å². The SMILES string of the molecule is Cc1cccc(C2(c3cccc(Br)c3)NC(=S)N(C)C2=O)c1. The highest BCUT2D eigenvalue weighted by Gasteiger charge is 2.50. The molecule has 1 N–H and O–H groups in total. The van der Waals surface area contributed by atoms with E-state index in [4.69, 9.17) is 12.2 Å². The maximum atomic E-state index is 13.0. The Hall–Kier alpha value is -1.72. The van der Waals surface area contributed by atoms with E-state index in [-0.39, 0.29) is 5.91 Å². The van der Waals surface area contributed by atoms with Crippen LogP contribution in [0, 0.1) is 6.92 Å². The molecule has 1 heterocycles. The topological polar surface area (TPSA) is 32.3 Å². The number of rotatable bonds is 2. The quantitative estimate of drug-likeness (QED) is 0.818. The fourth-order valence-corrected chi connectivity index (χ4v) is 3.43. The molecule has 3 rings (SSSR count). The summed E-state index contributed by atoms with van der Waals surface area (Å²) in [6.07, 6.45) is 0. The minimum Gasteiger partial charge on any atom is -0.341 e. The van der Waals surface area contributed by atoms with Crippen molar-refractivity contribution in [3.8, 4) is 0 Å². The Kier molecular flexibility index (Phi) is 3.78. The van der Waals surface area contributed by atoms with Gasteiger partial charge in [-0.3, -0.25) is 9.69 Å². The maximum Gasteiger partial charge on any atom is 0.263 e. The minimum absolute atomic E-state index is 0.0683. The minimum atomic E-state index is -0.971. The van der Waals surface area contributed by atoms with E-state index in [1.165, 1.54) is 4.90 Å². The van der Waals surface area contributed by atoms with Crippen molar-refractivity contribution in [1.29, 1.82) is 0 Å². The van der Waals surface area contributed by atoms with Crippen molar-refractivity contribution in [2.75, 3.05) is 7.05 Å². The molecule has 1 aliphatic rings. The third-order valence-corrected chi connectivity index (χ3v) is 4.80. The molecule has 1 amide bonds. The maximum absolute atomic E-state index is 13.0. The number of halogens is 1. The van der Waals surface area contributed by atoms with Gasteiger partial charge in [-0.05, 0) is 42.4 Å². The Morgan fingerprint density at radius 1 is 1.14 bits per heavy atom. The van der Waals surface area contributed by atoms with E-state index in [9.17, 15) is 4.79 Å². The molecule has 0 radical (unpaired) electrons. The van der Waals surface area contributed by atoms with E-state index in [1.807, 2.05) is 55.5 Å². The van der Waals surface area contributed by atoms with E-state index in [2.05, 4.69) is 21.2 Å². The van der Waals surface area contributed by atoms with Gasteiger partial charge < -0.3 is 5.32 Å². The average Bonchev–Trinajstić information content (AvgIpc) is 2.72. The lowest BCUT2D eigenvalue weighted by Gasteiger charge is -2.28. The van der Waals surface area contributed by atoms with E-state index >= 15 is 0 Å². The van der Waals surface area contributed by atoms with Crippen LogP contribution in [0.3, 0.4) is 0 Å². The Balaban J connectivity index is 2.28. The number of likely N-dealkylation sites (N-methyl/N-ethyl adjacent to an activating group) is 1. The van der Waals surface area contributed by atoms with Gasteiger partial charge in [0.1, 0.15) is 0 Å². The second-order valence-electron chi connectivity index (χ2n) is 5.42. The fraction of sp³-hybridized carbons (Fsp3) is 0.176. The lowest BCUT2D eigenvalue weighted by atomic mass is 9.82. The van der Waals surface area contributed by atoms with E-state index in [0.29, 0.717) is 5.11 Å². The smallest absolute Gasteiger partial charge is 0.263 e. The second kappa shape index (κ2) is 5.48. The van der Waals surface area contributed by atoms with Crippen LogP contribution in [0.25, 0.3) is 0 Å². The molecular weight excluding hydrogens is 360 g/mol. The number of benzene rings is 2. The molecule has 1 aliphatic heterocycles. The predicted octanol–water partition coefficient (Wildman–Crippen LogP) is 3.35. The van der Waals surface area contributed by atoms with Crippen molar-refractivity contribution in [1.82, 2.24) is 10.2 Å². The number of hydrogen-bond acceptors (Lipinski definition) is 2. The van der Waals surface area contributed by atoms with Gasteiger partial charge in [0.25, 0.3) is 5.91 Å². The van der Waals surface area contributed by atoms with Crippen molar-refractivity contribution < 1.29 is 4.79 Å². The van der Waals surface area contributed by atoms with Crippen LogP contribution in [0.2, 0.25) is 0 Å². The third-order valence-electron chi connectivity index (χ3n) is 3.93. The average molecular weight is 375 g/mol. The number of amides is 1. The zero-order chi connectivity index (χ0) is 15.9. The van der Waals surface area contributed by atoms with Crippen LogP contribution in [0.5, 0.6) is 0 Å². The number of thiocarbonyl (C=S) groups is 1. The van der Waals surface area contributed by atoms with Gasteiger partial charge in [0.05, 0.1) is 0 Å². The van der Waals surface area contributed by atoms with Crippen LogP contribution in [0.4, 0.5) is 0 Å². The van der Waals surface area contributed by atoms with Crippen molar-refractivity contribution in [3.05, 3.63) is 69.7 Å². The molecule has 0 aromatic heterocycles. The van der Waals surface area contributed by atoms with Gasteiger partial charge in [-0.25, -0.2) is 0 Å². The van der Waals surface area contributed by atoms with Gasteiger partial charge in [0, 0.05) is 11.5 Å². The molecule has 112 valence electrons. The van der Waals surface area contributed by atoms with Crippen molar-refractivity contribution in [2.45, 2.75) is 12.5 Å². The largest absolute Gasteiger partial charge is 0.341 e. The molecule has 0 bridgehead atoms. The van der Waals surface area contributed by atoms with Crippen LogP contribution in [0.15, 0.2) is 53.0 Å². The Morgan fingerprint density at radius 2 is 1.77 bits per heavy atom. The number of carbonyl (C=O) groups excluding carboxylic acids is 1. The summed E-state index contributed by atoms with van der Waals surface area (Å²) in [7, 11) is 1.70. The first-order valence-corrected chi connectivity index (χ1v) is 8.09. The highest BCUT2D eigenvalue weighted by molar-refractivity contribution is 9.10. The monoisotopic (exact) mass is 374 g/mol. The van der Waals surface area contributed by atoms with Crippen molar-refractivity contribution in [2.24, 2.45) is 0 Å². The highest BCUT2D eigenvalue weighted by atomic mass is 79.9. The van der Waals surface area contributed by atoms with E-state index < -0.39 is 5.54 Å². The number of hydrogen-bond donors (Lipinski definition) is 1. The Labute approximate surface area is 143 Å².